The second kappa shape index (κ2) is 9.66. The van der Waals surface area contributed by atoms with E-state index in [1.54, 1.807) is 19.1 Å². The number of amides is 1. The van der Waals surface area contributed by atoms with Gasteiger partial charge in [-0.25, -0.2) is 0 Å². The number of anilines is 1. The van der Waals surface area contributed by atoms with Crippen molar-refractivity contribution in [2.45, 2.75) is 24.3 Å². The second-order valence-corrected chi connectivity index (χ2v) is 8.67. The number of aromatic nitrogens is 3. The smallest absolute Gasteiger partial charge is 0.292 e. The summed E-state index contributed by atoms with van der Waals surface area (Å²) in [4.78, 5) is 23.6. The average molecular weight is 460 g/mol. The molecule has 0 fully saturated rings. The first kappa shape index (κ1) is 22.2. The number of nitro benzene ring substituents is 1. The maximum atomic E-state index is 12.8. The Morgan fingerprint density at radius 3 is 2.36 bits per heavy atom. The Labute approximate surface area is 194 Å². The van der Waals surface area contributed by atoms with E-state index in [0.29, 0.717) is 11.0 Å². The van der Waals surface area contributed by atoms with Gasteiger partial charge in [0.2, 0.25) is 5.91 Å². The number of benzene rings is 3. The van der Waals surface area contributed by atoms with Gasteiger partial charge in [-0.2, -0.15) is 0 Å². The first-order valence-electron chi connectivity index (χ1n) is 10.2. The molecule has 8 nitrogen and oxygen atoms in total. The molecule has 1 unspecified atom stereocenters. The predicted octanol–water partition coefficient (Wildman–Crippen LogP) is 5.27. The largest absolute Gasteiger partial charge is 0.319 e. The van der Waals surface area contributed by atoms with Crippen molar-refractivity contribution in [2.75, 3.05) is 5.32 Å². The standard InChI is InChI=1S/C24H21N5O3S/c1-16-12-14-19(15-13-16)28-22(18-8-4-3-5-9-18)26-27-24(28)33-17(2)23(30)25-20-10-6-7-11-21(20)29(31)32/h3-15,17H,1-2H3,(H,25,30). The fraction of sp³-hybridized carbons (Fsp3) is 0.125. The highest BCUT2D eigenvalue weighted by atomic mass is 32.2. The van der Waals surface area contributed by atoms with Crippen molar-refractivity contribution in [2.24, 2.45) is 0 Å². The van der Waals surface area contributed by atoms with Gasteiger partial charge in [0.15, 0.2) is 11.0 Å². The SMILES string of the molecule is Cc1ccc(-n2c(SC(C)C(=O)Nc3ccccc3[N+](=O)[O-])nnc2-c2ccccc2)cc1. The molecule has 166 valence electrons. The molecule has 1 N–H and O–H groups in total. The maximum absolute atomic E-state index is 12.8. The molecule has 9 heteroatoms. The molecular formula is C24H21N5O3S. The summed E-state index contributed by atoms with van der Waals surface area (Å²) < 4.78 is 1.91. The van der Waals surface area contributed by atoms with Gasteiger partial charge in [-0.3, -0.25) is 19.5 Å². The molecule has 0 saturated carbocycles. The molecular weight excluding hydrogens is 438 g/mol. The third-order valence-corrected chi connectivity index (χ3v) is 6.01. The molecule has 4 rings (SSSR count). The summed E-state index contributed by atoms with van der Waals surface area (Å²) >= 11 is 1.23. The zero-order valence-corrected chi connectivity index (χ0v) is 18.8. The van der Waals surface area contributed by atoms with E-state index >= 15 is 0 Å². The van der Waals surface area contributed by atoms with E-state index in [2.05, 4.69) is 15.5 Å². The zero-order valence-electron chi connectivity index (χ0n) is 18.0. The highest BCUT2D eigenvalue weighted by molar-refractivity contribution is 8.00. The van der Waals surface area contributed by atoms with Gasteiger partial charge in [0.1, 0.15) is 5.69 Å². The predicted molar refractivity (Wildman–Crippen MR) is 129 cm³/mol. The van der Waals surface area contributed by atoms with Crippen LogP contribution in [-0.2, 0) is 4.79 Å². The van der Waals surface area contributed by atoms with Gasteiger partial charge in [-0.05, 0) is 32.0 Å². The molecule has 0 aliphatic rings. The van der Waals surface area contributed by atoms with E-state index in [1.807, 2.05) is 66.1 Å². The van der Waals surface area contributed by atoms with E-state index in [4.69, 9.17) is 0 Å². The first-order valence-corrected chi connectivity index (χ1v) is 11.1. The Bertz CT molecular complexity index is 1290. The Morgan fingerprint density at radius 2 is 1.67 bits per heavy atom. The Balaban J connectivity index is 1.64. The number of nitro groups is 1. The number of aryl methyl sites for hydroxylation is 1. The maximum Gasteiger partial charge on any atom is 0.292 e. The molecule has 0 radical (unpaired) electrons. The molecule has 0 saturated heterocycles. The van der Waals surface area contributed by atoms with Crippen molar-refractivity contribution in [3.05, 3.63) is 94.5 Å². The van der Waals surface area contributed by atoms with Gasteiger partial charge in [0.25, 0.3) is 5.69 Å². The molecule has 1 aromatic heterocycles. The van der Waals surface area contributed by atoms with Crippen LogP contribution in [0, 0.1) is 17.0 Å². The number of nitrogens with one attached hydrogen (secondary N) is 1. The van der Waals surface area contributed by atoms with Crippen LogP contribution in [0.1, 0.15) is 12.5 Å². The average Bonchev–Trinajstić information content (AvgIpc) is 3.23. The van der Waals surface area contributed by atoms with Crippen LogP contribution in [0.25, 0.3) is 17.1 Å². The quantitative estimate of drug-likeness (QED) is 0.229. The Morgan fingerprint density at radius 1 is 1.00 bits per heavy atom. The molecule has 0 spiro atoms. The lowest BCUT2D eigenvalue weighted by atomic mass is 10.2. The van der Waals surface area contributed by atoms with Crippen LogP contribution in [0.15, 0.2) is 84.0 Å². The molecule has 0 aliphatic heterocycles. The summed E-state index contributed by atoms with van der Waals surface area (Å²) in [6.45, 7) is 3.74. The van der Waals surface area contributed by atoms with Crippen molar-refractivity contribution in [3.63, 3.8) is 0 Å². The fourth-order valence-corrected chi connectivity index (χ4v) is 4.10. The van der Waals surface area contributed by atoms with Crippen molar-refractivity contribution < 1.29 is 9.72 Å². The third-order valence-electron chi connectivity index (χ3n) is 4.97. The lowest BCUT2D eigenvalue weighted by molar-refractivity contribution is -0.383. The van der Waals surface area contributed by atoms with E-state index < -0.39 is 10.2 Å². The highest BCUT2D eigenvalue weighted by Crippen LogP contribution is 2.31. The first-order chi connectivity index (χ1) is 15.9. The van der Waals surface area contributed by atoms with E-state index in [9.17, 15) is 14.9 Å². The second-order valence-electron chi connectivity index (χ2n) is 7.37. The van der Waals surface area contributed by atoms with Gasteiger partial charge in [-0.1, -0.05) is 71.9 Å². The van der Waals surface area contributed by atoms with Gasteiger partial charge >= 0.3 is 0 Å². The lowest BCUT2D eigenvalue weighted by Gasteiger charge is -2.14. The zero-order chi connectivity index (χ0) is 23.4. The third kappa shape index (κ3) is 4.93. The number of nitrogens with zero attached hydrogens (tertiary/aromatic N) is 4. The van der Waals surface area contributed by atoms with E-state index in [1.165, 1.54) is 23.9 Å². The monoisotopic (exact) mass is 459 g/mol. The number of para-hydroxylation sites is 2. The van der Waals surface area contributed by atoms with Crippen LogP contribution in [0.3, 0.4) is 0 Å². The number of carbonyl (C=O) groups excluding carboxylic acids is 1. The molecule has 33 heavy (non-hydrogen) atoms. The lowest BCUT2D eigenvalue weighted by Crippen LogP contribution is -2.23. The van der Waals surface area contributed by atoms with Gasteiger partial charge < -0.3 is 5.32 Å². The number of hydrogen-bond acceptors (Lipinski definition) is 6. The van der Waals surface area contributed by atoms with Crippen molar-refractivity contribution in [3.8, 4) is 17.1 Å². The van der Waals surface area contributed by atoms with Crippen LogP contribution in [0.4, 0.5) is 11.4 Å². The number of rotatable bonds is 7. The number of hydrogen-bond donors (Lipinski definition) is 1. The van der Waals surface area contributed by atoms with Crippen LogP contribution in [0.2, 0.25) is 0 Å². The summed E-state index contributed by atoms with van der Waals surface area (Å²) in [6, 6.07) is 23.7. The summed E-state index contributed by atoms with van der Waals surface area (Å²) in [5.74, 6) is 0.294. The van der Waals surface area contributed by atoms with E-state index in [0.717, 1.165) is 16.8 Å². The summed E-state index contributed by atoms with van der Waals surface area (Å²) in [7, 11) is 0. The van der Waals surface area contributed by atoms with Crippen LogP contribution >= 0.6 is 11.8 Å². The Hall–Kier alpha value is -3.98. The van der Waals surface area contributed by atoms with Crippen molar-refractivity contribution in [1.82, 2.24) is 14.8 Å². The van der Waals surface area contributed by atoms with Gasteiger partial charge in [-0.15, -0.1) is 10.2 Å². The minimum absolute atomic E-state index is 0.155. The molecule has 1 heterocycles. The fourth-order valence-electron chi connectivity index (χ4n) is 3.23. The Kier molecular flexibility index (Phi) is 6.50. The van der Waals surface area contributed by atoms with Crippen molar-refractivity contribution >= 4 is 29.0 Å². The highest BCUT2D eigenvalue weighted by Gasteiger charge is 2.23. The van der Waals surface area contributed by atoms with Gasteiger partial charge in [0.05, 0.1) is 10.2 Å². The molecule has 1 atom stereocenters. The topological polar surface area (TPSA) is 103 Å². The van der Waals surface area contributed by atoms with E-state index in [-0.39, 0.29) is 17.3 Å². The molecule has 3 aromatic carbocycles. The molecule has 0 bridgehead atoms. The van der Waals surface area contributed by atoms with Gasteiger partial charge in [0, 0.05) is 17.3 Å². The molecule has 4 aromatic rings. The van der Waals surface area contributed by atoms with Crippen LogP contribution in [0.5, 0.6) is 0 Å². The normalized spacial score (nSPS) is 11.7. The minimum atomic E-state index is -0.582. The number of carbonyl (C=O) groups is 1. The number of thioether (sulfide) groups is 1. The minimum Gasteiger partial charge on any atom is -0.319 e. The summed E-state index contributed by atoms with van der Waals surface area (Å²) in [6.07, 6.45) is 0. The van der Waals surface area contributed by atoms with Crippen molar-refractivity contribution in [1.29, 1.82) is 0 Å². The molecule has 0 aliphatic carbocycles. The van der Waals surface area contributed by atoms with Crippen LogP contribution in [-0.4, -0.2) is 30.8 Å². The molecule has 1 amide bonds. The van der Waals surface area contributed by atoms with Crippen LogP contribution < -0.4 is 5.32 Å². The summed E-state index contributed by atoms with van der Waals surface area (Å²) in [5, 5.41) is 22.6. The summed E-state index contributed by atoms with van der Waals surface area (Å²) in [5.41, 5.74) is 2.90.